The lowest BCUT2D eigenvalue weighted by atomic mass is 10.1. The number of benzene rings is 1. The number of rotatable bonds is 2. The van der Waals surface area contributed by atoms with Crippen molar-refractivity contribution in [1.82, 2.24) is 9.97 Å². The molecule has 0 fully saturated rings. The molecule has 18 heavy (non-hydrogen) atoms. The van der Waals surface area contributed by atoms with Crippen molar-refractivity contribution in [3.63, 3.8) is 0 Å². The van der Waals surface area contributed by atoms with Crippen LogP contribution in [0.2, 0.25) is 0 Å². The molecule has 2 N–H and O–H groups in total. The standard InChI is InChI=1S/C12H10BrN3O2/c1-7-2-3-9(17)8(4-7)12(18)16-11-6-14-10(13)5-15-11/h2-6,17H,1H3,(H,15,16,18). The molecule has 2 rings (SSSR count). The minimum Gasteiger partial charge on any atom is -0.507 e. The largest absolute Gasteiger partial charge is 0.507 e. The van der Waals surface area contributed by atoms with Crippen LogP contribution in [0.1, 0.15) is 15.9 Å². The van der Waals surface area contributed by atoms with Crippen molar-refractivity contribution < 1.29 is 9.90 Å². The van der Waals surface area contributed by atoms with Gasteiger partial charge in [0, 0.05) is 0 Å². The Balaban J connectivity index is 2.21. The van der Waals surface area contributed by atoms with Gasteiger partial charge in [0.1, 0.15) is 10.4 Å². The number of phenolic OH excluding ortho intramolecular Hbond substituents is 1. The van der Waals surface area contributed by atoms with Crippen molar-refractivity contribution in [1.29, 1.82) is 0 Å². The van der Waals surface area contributed by atoms with Crippen molar-refractivity contribution in [3.8, 4) is 5.75 Å². The van der Waals surface area contributed by atoms with E-state index in [0.717, 1.165) is 5.56 Å². The molecule has 0 spiro atoms. The highest BCUT2D eigenvalue weighted by Gasteiger charge is 2.12. The molecule has 1 amide bonds. The highest BCUT2D eigenvalue weighted by molar-refractivity contribution is 9.10. The van der Waals surface area contributed by atoms with E-state index in [9.17, 15) is 9.90 Å². The Morgan fingerprint density at radius 2 is 2.11 bits per heavy atom. The van der Waals surface area contributed by atoms with Crippen LogP contribution in [0.3, 0.4) is 0 Å². The van der Waals surface area contributed by atoms with E-state index < -0.39 is 5.91 Å². The van der Waals surface area contributed by atoms with E-state index in [1.54, 1.807) is 12.1 Å². The van der Waals surface area contributed by atoms with Gasteiger partial charge in [0.2, 0.25) is 0 Å². The topological polar surface area (TPSA) is 75.1 Å². The monoisotopic (exact) mass is 307 g/mol. The predicted molar refractivity (Wildman–Crippen MR) is 70.5 cm³/mol. The van der Waals surface area contributed by atoms with Crippen LogP contribution in [0.15, 0.2) is 35.2 Å². The third-order valence-corrected chi connectivity index (χ3v) is 2.67. The van der Waals surface area contributed by atoms with E-state index in [1.807, 2.05) is 6.92 Å². The van der Waals surface area contributed by atoms with Gasteiger partial charge in [-0.3, -0.25) is 4.79 Å². The number of hydrogen-bond acceptors (Lipinski definition) is 4. The summed E-state index contributed by atoms with van der Waals surface area (Å²) in [6.45, 7) is 1.84. The van der Waals surface area contributed by atoms with E-state index in [0.29, 0.717) is 10.4 Å². The first-order chi connectivity index (χ1) is 8.56. The van der Waals surface area contributed by atoms with Crippen molar-refractivity contribution in [2.75, 3.05) is 5.32 Å². The summed E-state index contributed by atoms with van der Waals surface area (Å²) >= 11 is 3.15. The molecule has 0 aliphatic carbocycles. The first-order valence-corrected chi connectivity index (χ1v) is 5.94. The number of nitrogens with zero attached hydrogens (tertiary/aromatic N) is 2. The van der Waals surface area contributed by atoms with Crippen LogP contribution in [-0.2, 0) is 0 Å². The van der Waals surface area contributed by atoms with Gasteiger partial charge in [-0.1, -0.05) is 11.6 Å². The van der Waals surface area contributed by atoms with Crippen LogP contribution in [0.4, 0.5) is 5.82 Å². The Hall–Kier alpha value is -1.95. The van der Waals surface area contributed by atoms with E-state index in [1.165, 1.54) is 18.5 Å². The van der Waals surface area contributed by atoms with Gasteiger partial charge in [-0.25, -0.2) is 9.97 Å². The maximum atomic E-state index is 11.9. The smallest absolute Gasteiger partial charge is 0.260 e. The number of halogens is 1. The molecule has 1 aromatic carbocycles. The van der Waals surface area contributed by atoms with E-state index >= 15 is 0 Å². The number of anilines is 1. The molecule has 0 saturated heterocycles. The SMILES string of the molecule is Cc1ccc(O)c(C(=O)Nc2cnc(Br)cn2)c1. The Labute approximate surface area is 112 Å². The molecule has 0 aliphatic heterocycles. The van der Waals surface area contributed by atoms with E-state index in [4.69, 9.17) is 0 Å². The molecule has 5 nitrogen and oxygen atoms in total. The number of aromatic hydroxyl groups is 1. The van der Waals surface area contributed by atoms with Crippen molar-refractivity contribution in [2.45, 2.75) is 6.92 Å². The van der Waals surface area contributed by atoms with Crippen molar-refractivity contribution in [3.05, 3.63) is 46.3 Å². The molecule has 0 saturated carbocycles. The lowest BCUT2D eigenvalue weighted by Crippen LogP contribution is -2.13. The summed E-state index contributed by atoms with van der Waals surface area (Å²) < 4.78 is 0.582. The molecular weight excluding hydrogens is 298 g/mol. The number of carbonyl (C=O) groups is 1. The lowest BCUT2D eigenvalue weighted by molar-refractivity contribution is 0.102. The van der Waals surface area contributed by atoms with Gasteiger partial charge in [0.15, 0.2) is 5.82 Å². The molecule has 1 heterocycles. The highest BCUT2D eigenvalue weighted by Crippen LogP contribution is 2.19. The number of phenols is 1. The Morgan fingerprint density at radius 3 is 2.78 bits per heavy atom. The summed E-state index contributed by atoms with van der Waals surface area (Å²) in [6, 6.07) is 4.82. The van der Waals surface area contributed by atoms with Gasteiger partial charge in [-0.05, 0) is 35.0 Å². The number of amides is 1. The first kappa shape index (κ1) is 12.5. The molecule has 0 radical (unpaired) electrons. The normalized spacial score (nSPS) is 10.1. The fourth-order valence-electron chi connectivity index (χ4n) is 1.39. The molecule has 6 heteroatoms. The summed E-state index contributed by atoms with van der Waals surface area (Å²) in [6.07, 6.45) is 2.90. The quantitative estimate of drug-likeness (QED) is 0.894. The number of nitrogens with one attached hydrogen (secondary N) is 1. The Morgan fingerprint density at radius 1 is 1.33 bits per heavy atom. The Bertz CT molecular complexity index is 584. The zero-order valence-electron chi connectivity index (χ0n) is 9.51. The maximum absolute atomic E-state index is 11.9. The predicted octanol–water partition coefficient (Wildman–Crippen LogP) is 2.51. The maximum Gasteiger partial charge on any atom is 0.260 e. The average Bonchev–Trinajstić information content (AvgIpc) is 2.35. The Kier molecular flexibility index (Phi) is 3.57. The highest BCUT2D eigenvalue weighted by atomic mass is 79.9. The van der Waals surface area contributed by atoms with Gasteiger partial charge in [-0.15, -0.1) is 0 Å². The molecule has 1 aromatic heterocycles. The molecule has 2 aromatic rings. The molecule has 0 bridgehead atoms. The third kappa shape index (κ3) is 2.84. The summed E-state index contributed by atoms with van der Waals surface area (Å²) in [4.78, 5) is 19.8. The van der Waals surface area contributed by atoms with Gasteiger partial charge < -0.3 is 10.4 Å². The number of hydrogen-bond donors (Lipinski definition) is 2. The van der Waals surface area contributed by atoms with Crippen LogP contribution in [0.5, 0.6) is 5.75 Å². The fourth-order valence-corrected chi connectivity index (χ4v) is 1.60. The van der Waals surface area contributed by atoms with E-state index in [2.05, 4.69) is 31.2 Å². The zero-order valence-corrected chi connectivity index (χ0v) is 11.1. The number of aryl methyl sites for hydroxylation is 1. The first-order valence-electron chi connectivity index (χ1n) is 5.15. The fraction of sp³-hybridized carbons (Fsp3) is 0.0833. The molecule has 92 valence electrons. The second kappa shape index (κ2) is 5.14. The number of carbonyl (C=O) groups excluding carboxylic acids is 1. The van der Waals surface area contributed by atoms with Gasteiger partial charge in [0.25, 0.3) is 5.91 Å². The van der Waals surface area contributed by atoms with Gasteiger partial charge >= 0.3 is 0 Å². The average molecular weight is 308 g/mol. The summed E-state index contributed by atoms with van der Waals surface area (Å²) in [5.74, 6) is -0.167. The summed E-state index contributed by atoms with van der Waals surface area (Å²) in [5, 5.41) is 12.2. The number of aromatic nitrogens is 2. The van der Waals surface area contributed by atoms with Crippen LogP contribution < -0.4 is 5.32 Å². The second-order valence-corrected chi connectivity index (χ2v) is 4.51. The molecule has 0 aliphatic rings. The van der Waals surface area contributed by atoms with Crippen LogP contribution in [-0.4, -0.2) is 21.0 Å². The van der Waals surface area contributed by atoms with Gasteiger partial charge in [-0.2, -0.15) is 0 Å². The zero-order chi connectivity index (χ0) is 13.1. The van der Waals surface area contributed by atoms with Crippen LogP contribution in [0, 0.1) is 6.92 Å². The third-order valence-electron chi connectivity index (χ3n) is 2.26. The van der Waals surface area contributed by atoms with Gasteiger partial charge in [0.05, 0.1) is 18.0 Å². The van der Waals surface area contributed by atoms with Crippen molar-refractivity contribution >= 4 is 27.7 Å². The summed E-state index contributed by atoms with van der Waals surface area (Å²) in [7, 11) is 0. The van der Waals surface area contributed by atoms with Crippen molar-refractivity contribution in [2.24, 2.45) is 0 Å². The van der Waals surface area contributed by atoms with Crippen LogP contribution in [0.25, 0.3) is 0 Å². The van der Waals surface area contributed by atoms with Crippen LogP contribution >= 0.6 is 15.9 Å². The summed E-state index contributed by atoms with van der Waals surface area (Å²) in [5.41, 5.74) is 1.10. The second-order valence-electron chi connectivity index (χ2n) is 3.70. The lowest BCUT2D eigenvalue weighted by Gasteiger charge is -2.06. The molecular formula is C12H10BrN3O2. The van der Waals surface area contributed by atoms with E-state index in [-0.39, 0.29) is 11.3 Å². The molecule has 0 atom stereocenters. The minimum absolute atomic E-state index is 0.0665. The minimum atomic E-state index is -0.423. The molecule has 0 unspecified atom stereocenters.